The van der Waals surface area contributed by atoms with Gasteiger partial charge in [-0.2, -0.15) is 0 Å². The van der Waals surface area contributed by atoms with Crippen molar-refractivity contribution in [3.63, 3.8) is 0 Å². The Morgan fingerprint density at radius 1 is 1.11 bits per heavy atom. The van der Waals surface area contributed by atoms with Crippen molar-refractivity contribution in [1.29, 1.82) is 0 Å². The molecule has 0 spiro atoms. The molecule has 0 bridgehead atoms. The molecule has 3 rings (SSSR count). The van der Waals surface area contributed by atoms with E-state index in [1.807, 2.05) is 24.3 Å². The lowest BCUT2D eigenvalue weighted by Gasteiger charge is -2.09. The molecule has 0 fully saturated rings. The minimum Gasteiger partial charge on any atom is -0.497 e. The molecule has 28 heavy (non-hydrogen) atoms. The third-order valence-corrected chi connectivity index (χ3v) is 4.27. The number of nitrogens with zero attached hydrogens (tertiary/aromatic N) is 1. The highest BCUT2D eigenvalue weighted by molar-refractivity contribution is 5.92. The summed E-state index contributed by atoms with van der Waals surface area (Å²) in [6.07, 6.45) is 2.27. The first-order valence-electron chi connectivity index (χ1n) is 9.00. The second-order valence-electron chi connectivity index (χ2n) is 6.23. The number of benzene rings is 2. The smallest absolute Gasteiger partial charge is 0.269 e. The third kappa shape index (κ3) is 5.30. The molecular formula is C22H22FN3O2. The molecular weight excluding hydrogens is 357 g/mol. The van der Waals surface area contributed by atoms with E-state index in [1.54, 1.807) is 43.6 Å². The van der Waals surface area contributed by atoms with Crippen LogP contribution < -0.4 is 15.4 Å². The summed E-state index contributed by atoms with van der Waals surface area (Å²) in [5, 5.41) is 5.95. The van der Waals surface area contributed by atoms with E-state index in [4.69, 9.17) is 4.74 Å². The van der Waals surface area contributed by atoms with E-state index in [-0.39, 0.29) is 11.7 Å². The Morgan fingerprint density at radius 2 is 1.96 bits per heavy atom. The van der Waals surface area contributed by atoms with Crippen LogP contribution in [0.2, 0.25) is 0 Å². The molecule has 1 heterocycles. The zero-order valence-corrected chi connectivity index (χ0v) is 15.6. The molecule has 3 aromatic rings. The molecule has 1 amide bonds. The number of carbonyl (C=O) groups is 1. The number of carbonyl (C=O) groups excluding carboxylic acids is 1. The molecule has 2 aromatic carbocycles. The first-order valence-corrected chi connectivity index (χ1v) is 9.00. The van der Waals surface area contributed by atoms with Crippen molar-refractivity contribution >= 4 is 11.6 Å². The molecule has 0 saturated carbocycles. The predicted octanol–water partition coefficient (Wildman–Crippen LogP) is 3.81. The highest BCUT2D eigenvalue weighted by Crippen LogP contribution is 2.13. The molecule has 0 aliphatic heterocycles. The zero-order chi connectivity index (χ0) is 19.8. The van der Waals surface area contributed by atoms with Crippen LogP contribution in [0.3, 0.4) is 0 Å². The largest absolute Gasteiger partial charge is 0.497 e. The summed E-state index contributed by atoms with van der Waals surface area (Å²) in [4.78, 5) is 16.4. The highest BCUT2D eigenvalue weighted by Gasteiger charge is 2.07. The molecule has 0 atom stereocenters. The predicted molar refractivity (Wildman–Crippen MR) is 107 cm³/mol. The first kappa shape index (κ1) is 19.4. The van der Waals surface area contributed by atoms with Crippen molar-refractivity contribution in [2.45, 2.75) is 13.0 Å². The molecule has 0 unspecified atom stereocenters. The van der Waals surface area contributed by atoms with Crippen LogP contribution in [-0.4, -0.2) is 24.5 Å². The lowest BCUT2D eigenvalue weighted by Crippen LogP contribution is -2.26. The Hall–Kier alpha value is -3.41. The average molecular weight is 379 g/mol. The second-order valence-corrected chi connectivity index (χ2v) is 6.23. The van der Waals surface area contributed by atoms with Gasteiger partial charge in [-0.3, -0.25) is 4.79 Å². The summed E-state index contributed by atoms with van der Waals surface area (Å²) in [7, 11) is 1.63. The number of halogens is 1. The van der Waals surface area contributed by atoms with Crippen LogP contribution in [-0.2, 0) is 13.0 Å². The Morgan fingerprint density at radius 3 is 2.71 bits per heavy atom. The van der Waals surface area contributed by atoms with Crippen LogP contribution in [0.25, 0.3) is 0 Å². The summed E-state index contributed by atoms with van der Waals surface area (Å²) in [6.45, 7) is 0.849. The van der Waals surface area contributed by atoms with Crippen LogP contribution in [0.15, 0.2) is 66.9 Å². The van der Waals surface area contributed by atoms with E-state index < -0.39 is 0 Å². The Bertz CT molecular complexity index is 929. The first-order chi connectivity index (χ1) is 13.7. The van der Waals surface area contributed by atoms with E-state index in [9.17, 15) is 9.18 Å². The number of ether oxygens (including phenoxy) is 1. The van der Waals surface area contributed by atoms with Crippen molar-refractivity contribution in [2.75, 3.05) is 19.0 Å². The summed E-state index contributed by atoms with van der Waals surface area (Å²) >= 11 is 0. The van der Waals surface area contributed by atoms with Gasteiger partial charge in [0.25, 0.3) is 5.91 Å². The van der Waals surface area contributed by atoms with Gasteiger partial charge in [0, 0.05) is 18.7 Å². The number of hydrogen-bond acceptors (Lipinski definition) is 4. The van der Waals surface area contributed by atoms with Gasteiger partial charge < -0.3 is 15.4 Å². The summed E-state index contributed by atoms with van der Waals surface area (Å²) in [6, 6.07) is 17.7. The van der Waals surface area contributed by atoms with Gasteiger partial charge in [0.15, 0.2) is 0 Å². The van der Waals surface area contributed by atoms with Crippen molar-refractivity contribution in [3.8, 4) is 5.75 Å². The average Bonchev–Trinajstić information content (AvgIpc) is 2.73. The second kappa shape index (κ2) is 9.50. The molecule has 0 saturated heterocycles. The number of anilines is 1. The fourth-order valence-corrected chi connectivity index (χ4v) is 2.71. The van der Waals surface area contributed by atoms with Crippen LogP contribution in [0.1, 0.15) is 21.6 Å². The number of nitrogens with one attached hydrogen (secondary N) is 2. The Kier molecular flexibility index (Phi) is 6.57. The fraction of sp³-hybridized carbons (Fsp3) is 0.182. The number of hydrogen-bond donors (Lipinski definition) is 2. The third-order valence-electron chi connectivity index (χ3n) is 4.27. The van der Waals surface area contributed by atoms with Crippen LogP contribution in [0, 0.1) is 5.82 Å². The molecule has 0 aliphatic rings. The van der Waals surface area contributed by atoms with E-state index in [2.05, 4.69) is 15.6 Å². The van der Waals surface area contributed by atoms with E-state index in [0.29, 0.717) is 30.8 Å². The molecule has 1 aromatic heterocycles. The van der Waals surface area contributed by atoms with E-state index in [1.165, 1.54) is 6.07 Å². The summed E-state index contributed by atoms with van der Waals surface area (Å²) in [5.41, 5.74) is 2.71. The maximum atomic E-state index is 13.6. The van der Waals surface area contributed by atoms with Gasteiger partial charge in [0.05, 0.1) is 19.0 Å². The quantitative estimate of drug-likeness (QED) is 0.625. The van der Waals surface area contributed by atoms with Crippen molar-refractivity contribution in [2.24, 2.45) is 0 Å². The van der Waals surface area contributed by atoms with Gasteiger partial charge >= 0.3 is 0 Å². The van der Waals surface area contributed by atoms with Crippen molar-refractivity contribution < 1.29 is 13.9 Å². The van der Waals surface area contributed by atoms with Gasteiger partial charge in [-0.05, 0) is 42.3 Å². The van der Waals surface area contributed by atoms with Gasteiger partial charge in [-0.15, -0.1) is 0 Å². The maximum absolute atomic E-state index is 13.6. The van der Waals surface area contributed by atoms with Gasteiger partial charge in [-0.1, -0.05) is 30.3 Å². The Labute approximate surface area is 163 Å². The monoisotopic (exact) mass is 379 g/mol. The van der Waals surface area contributed by atoms with Gasteiger partial charge in [-0.25, -0.2) is 9.37 Å². The lowest BCUT2D eigenvalue weighted by atomic mass is 10.1. The number of amides is 1. The normalized spacial score (nSPS) is 10.4. The number of methoxy groups -OCH3 is 1. The molecule has 6 heteroatoms. The number of pyridine rings is 1. The maximum Gasteiger partial charge on any atom is 0.269 e. The molecule has 0 aliphatic carbocycles. The van der Waals surface area contributed by atoms with E-state index in [0.717, 1.165) is 17.0 Å². The zero-order valence-electron chi connectivity index (χ0n) is 15.6. The topological polar surface area (TPSA) is 63.2 Å². The van der Waals surface area contributed by atoms with Crippen LogP contribution in [0.4, 0.5) is 10.1 Å². The van der Waals surface area contributed by atoms with Gasteiger partial charge in [0.2, 0.25) is 0 Å². The molecule has 2 N–H and O–H groups in total. The highest BCUT2D eigenvalue weighted by atomic mass is 19.1. The van der Waals surface area contributed by atoms with Crippen LogP contribution in [0.5, 0.6) is 5.75 Å². The minimum absolute atomic E-state index is 0.233. The molecule has 144 valence electrons. The molecule has 0 radical (unpaired) electrons. The van der Waals surface area contributed by atoms with Crippen molar-refractivity contribution in [3.05, 3.63) is 89.5 Å². The Balaban J connectivity index is 1.48. The van der Waals surface area contributed by atoms with Crippen LogP contribution >= 0.6 is 0 Å². The van der Waals surface area contributed by atoms with Gasteiger partial charge in [0.1, 0.15) is 17.3 Å². The van der Waals surface area contributed by atoms with Crippen molar-refractivity contribution in [1.82, 2.24) is 10.3 Å². The lowest BCUT2D eigenvalue weighted by molar-refractivity contribution is 0.0949. The standard InChI is InChI=1S/C22H22FN3O2/c1-28-19-7-4-5-16(13-19)11-12-24-22(27)21-10-9-18(15-26-21)25-14-17-6-2-3-8-20(17)23/h2-10,13,15,25H,11-12,14H2,1H3,(H,24,27). The summed E-state index contributed by atoms with van der Waals surface area (Å²) < 4.78 is 18.8. The number of aromatic nitrogens is 1. The van der Waals surface area contributed by atoms with E-state index >= 15 is 0 Å². The summed E-state index contributed by atoms with van der Waals surface area (Å²) in [5.74, 6) is 0.308. The fourth-order valence-electron chi connectivity index (χ4n) is 2.71. The SMILES string of the molecule is COc1cccc(CCNC(=O)c2ccc(NCc3ccccc3F)cn2)c1. The number of rotatable bonds is 8. The molecule has 5 nitrogen and oxygen atoms in total. The minimum atomic E-state index is -0.255.